The number of aryl methyl sites for hydroxylation is 1. The molecule has 4 aromatic heterocycles. The Balaban J connectivity index is 0.000000289. The monoisotopic (exact) mass is 916 g/mol. The summed E-state index contributed by atoms with van der Waals surface area (Å²) in [5.41, 5.74) is 5.57. The summed E-state index contributed by atoms with van der Waals surface area (Å²) in [6.07, 6.45) is 7.44. The van der Waals surface area contributed by atoms with Gasteiger partial charge < -0.3 is 9.52 Å². The normalized spacial score (nSPS) is 12.9. The minimum atomic E-state index is -0.337. The molecule has 0 saturated carbocycles. The summed E-state index contributed by atoms with van der Waals surface area (Å²) in [5.74, 6) is 0.897. The fourth-order valence-electron chi connectivity index (χ4n) is 6.61. The molecule has 1 radical (unpaired) electrons. The molecule has 0 atom stereocenters. The summed E-state index contributed by atoms with van der Waals surface area (Å²) in [5, 5.41) is 16.8. The van der Waals surface area contributed by atoms with E-state index in [4.69, 9.17) is 9.40 Å². The van der Waals surface area contributed by atoms with Gasteiger partial charge in [-0.3, -0.25) is 9.78 Å². The van der Waals surface area contributed by atoms with Crippen LogP contribution in [0.2, 0.25) is 0 Å². The third-order valence-corrected chi connectivity index (χ3v) is 13.2. The average Bonchev–Trinajstić information content (AvgIpc) is 3.80. The van der Waals surface area contributed by atoms with E-state index >= 15 is 0 Å². The summed E-state index contributed by atoms with van der Waals surface area (Å²) in [4.78, 5) is 22.8. The Bertz CT molecular complexity index is 2220. The molecule has 0 fully saturated rings. The molecule has 8 heteroatoms. The zero-order chi connectivity index (χ0) is 37.5. The van der Waals surface area contributed by atoms with E-state index in [2.05, 4.69) is 82.2 Å². The molecule has 6 aromatic rings. The zero-order valence-corrected chi connectivity index (χ0v) is 37.0. The van der Waals surface area contributed by atoms with Crippen LogP contribution in [0.5, 0.6) is 0 Å². The van der Waals surface area contributed by atoms with Gasteiger partial charge in [0.1, 0.15) is 17.7 Å². The van der Waals surface area contributed by atoms with E-state index in [-0.39, 0.29) is 47.9 Å². The van der Waals surface area contributed by atoms with Crippen molar-refractivity contribution >= 4 is 70.7 Å². The third-order valence-electron chi connectivity index (χ3n) is 11.1. The van der Waals surface area contributed by atoms with E-state index in [0.29, 0.717) is 11.6 Å². The smallest absolute Gasteiger partial charge is 0.223 e. The van der Waals surface area contributed by atoms with Crippen LogP contribution < -0.4 is 0 Å². The minimum absolute atomic E-state index is 0. The molecule has 4 heterocycles. The number of furan rings is 1. The number of rotatable bonds is 10. The predicted octanol–water partition coefficient (Wildman–Crippen LogP) is 13.7. The first-order chi connectivity index (χ1) is 24.0. The van der Waals surface area contributed by atoms with E-state index in [1.165, 1.54) is 36.9 Å². The fraction of sp³-hybridized carbons (Fsp3) is 0.477. The first kappa shape index (κ1) is 41.8. The van der Waals surface area contributed by atoms with Gasteiger partial charge in [0.2, 0.25) is 5.71 Å². The Kier molecular flexibility index (Phi) is 13.1. The van der Waals surface area contributed by atoms with Crippen LogP contribution in [0.3, 0.4) is 0 Å². The summed E-state index contributed by atoms with van der Waals surface area (Å²) in [7, 11) is 0. The number of benzene rings is 2. The number of aromatic nitrogens is 2. The van der Waals surface area contributed by atoms with Crippen molar-refractivity contribution in [2.45, 2.75) is 121 Å². The van der Waals surface area contributed by atoms with E-state index in [0.717, 1.165) is 65.1 Å². The van der Waals surface area contributed by atoms with Gasteiger partial charge in [-0.25, -0.2) is 4.98 Å². The van der Waals surface area contributed by atoms with Crippen molar-refractivity contribution in [2.24, 2.45) is 16.7 Å². The van der Waals surface area contributed by atoms with E-state index in [1.807, 2.05) is 52.9 Å². The number of aliphatic hydroxyl groups excluding tert-OH is 1. The van der Waals surface area contributed by atoms with Crippen LogP contribution in [0.4, 0.5) is 0 Å². The molecule has 0 bridgehead atoms. The molecule has 5 nitrogen and oxygen atoms in total. The van der Waals surface area contributed by atoms with Gasteiger partial charge in [-0.2, -0.15) is 11.3 Å². The number of hydrogen-bond donors (Lipinski definition) is 1. The third kappa shape index (κ3) is 8.11. The number of allylic oxidation sites excluding steroid dienone is 2. The van der Waals surface area contributed by atoms with Gasteiger partial charge in [0.05, 0.1) is 0 Å². The molecule has 2 aromatic carbocycles. The van der Waals surface area contributed by atoms with E-state index < -0.39 is 0 Å². The zero-order valence-electron chi connectivity index (χ0n) is 33.0. The van der Waals surface area contributed by atoms with Gasteiger partial charge in [0, 0.05) is 63.1 Å². The maximum Gasteiger partial charge on any atom is 0.223 e. The predicted molar refractivity (Wildman–Crippen MR) is 219 cm³/mol. The molecule has 0 aliphatic carbocycles. The van der Waals surface area contributed by atoms with E-state index in [9.17, 15) is 9.90 Å². The van der Waals surface area contributed by atoms with Gasteiger partial charge in [0.15, 0.2) is 5.78 Å². The minimum Gasteiger partial charge on any atom is -0.512 e. The second kappa shape index (κ2) is 16.2. The summed E-state index contributed by atoms with van der Waals surface area (Å²) in [6, 6.07) is 12.5. The summed E-state index contributed by atoms with van der Waals surface area (Å²) >= 11 is 3.65. The Labute approximate surface area is 331 Å². The molecule has 0 amide bonds. The Morgan fingerprint density at radius 2 is 1.62 bits per heavy atom. The first-order valence-electron chi connectivity index (χ1n) is 18.5. The maximum atomic E-state index is 12.2. The van der Waals surface area contributed by atoms with Crippen molar-refractivity contribution in [1.82, 2.24) is 9.97 Å². The topological polar surface area (TPSA) is 76.2 Å². The van der Waals surface area contributed by atoms with Gasteiger partial charge in [-0.15, -0.1) is 34.9 Å². The van der Waals surface area contributed by atoms with Gasteiger partial charge in [-0.1, -0.05) is 87.3 Å². The molecule has 0 aliphatic rings. The second-order valence-electron chi connectivity index (χ2n) is 16.0. The van der Waals surface area contributed by atoms with Gasteiger partial charge >= 0.3 is 0 Å². The molecule has 6 rings (SSSR count). The van der Waals surface area contributed by atoms with Crippen LogP contribution in [-0.2, 0) is 36.7 Å². The van der Waals surface area contributed by atoms with Crippen LogP contribution in [0.1, 0.15) is 118 Å². The number of ketones is 1. The molecule has 1 N–H and O–H groups in total. The summed E-state index contributed by atoms with van der Waals surface area (Å²) < 4.78 is 8.90. The number of carbonyl (C=O) groups excluding carboxylic acids is 1. The van der Waals surface area contributed by atoms with Crippen molar-refractivity contribution in [3.63, 3.8) is 0 Å². The summed E-state index contributed by atoms with van der Waals surface area (Å²) in [6.45, 7) is 25.7. The first-order valence-corrected chi connectivity index (χ1v) is 20.2. The van der Waals surface area contributed by atoms with Crippen molar-refractivity contribution in [1.29, 1.82) is 0 Å². The largest absolute Gasteiger partial charge is 0.512 e. The maximum absolute atomic E-state index is 12.2. The van der Waals surface area contributed by atoms with Crippen molar-refractivity contribution in [2.75, 3.05) is 0 Å². The van der Waals surface area contributed by atoms with Crippen molar-refractivity contribution in [3.05, 3.63) is 69.9 Å². The molecule has 281 valence electrons. The number of aliphatic hydroxyl groups is 1. The SMILES string of the molecule is CCC(C)(CC)C(=O)/C=C(\O)C(C)(CC)CC.Cc1sc2cc3c(cc2c1CC(C)C)oc1ncnc(-c2[c-]c4ccsc4c(C(C)(C)C)c2)c13.[Ir]. The molecular formula is C44H55IrN2O3S2-. The van der Waals surface area contributed by atoms with Crippen LogP contribution in [0.25, 0.3) is 53.5 Å². The van der Waals surface area contributed by atoms with Gasteiger partial charge in [0.25, 0.3) is 0 Å². The Hall–Kier alpha value is -2.90. The molecule has 0 unspecified atom stereocenters. The van der Waals surface area contributed by atoms with Crippen molar-refractivity contribution in [3.8, 4) is 11.3 Å². The van der Waals surface area contributed by atoms with Crippen LogP contribution in [0, 0.1) is 29.7 Å². The van der Waals surface area contributed by atoms with Crippen molar-refractivity contribution < 1.29 is 34.4 Å². The quantitative estimate of drug-likeness (QED) is 0.0842. The number of fused-ring (bicyclic) bond motifs is 5. The van der Waals surface area contributed by atoms with Crippen LogP contribution in [0.15, 0.2) is 52.2 Å². The Morgan fingerprint density at radius 3 is 2.21 bits per heavy atom. The molecule has 0 saturated heterocycles. The van der Waals surface area contributed by atoms with Crippen LogP contribution in [-0.4, -0.2) is 20.9 Å². The fourth-order valence-corrected chi connectivity index (χ4v) is 8.80. The number of hydrogen-bond acceptors (Lipinski definition) is 7. The standard InChI is InChI=1S/C29H27N2OS2.C15H28O2.Ir/c1-15(2)9-19-16(3)34-24-13-21-23(12-20(19)24)32-28-25(21)26(30-14-31-28)18-10-17-7-8-33-27(17)22(11-18)29(4,5)6;1-7-14(5,8-2)12(16)11-13(17)15(6,9-3)10-4;/h7-8,11-15H,9H2,1-6H3;11,16H,7-10H2,1-6H3;/q-1;;/b;12-11-;. The van der Waals surface area contributed by atoms with Crippen LogP contribution >= 0.6 is 22.7 Å². The van der Waals surface area contributed by atoms with Gasteiger partial charge in [-0.05, 0) is 83.5 Å². The molecule has 52 heavy (non-hydrogen) atoms. The average molecular weight is 916 g/mol. The number of carbonyl (C=O) groups is 1. The molecular weight excluding hydrogens is 861 g/mol. The number of thiophene rings is 2. The number of nitrogens with zero attached hydrogens (tertiary/aromatic N) is 2. The second-order valence-corrected chi connectivity index (χ2v) is 18.2. The molecule has 0 spiro atoms. The Morgan fingerprint density at radius 1 is 0.962 bits per heavy atom. The molecule has 0 aliphatic heterocycles. The van der Waals surface area contributed by atoms with E-state index in [1.54, 1.807) is 17.7 Å².